The molecule has 1 unspecified atom stereocenters. The van der Waals surface area contributed by atoms with E-state index in [-0.39, 0.29) is 12.6 Å². The molecular formula is C18H30N4O2. The first kappa shape index (κ1) is 18.5. The number of aliphatic hydroxyl groups excluding tert-OH is 1. The standard InChI is InChI=1S/C18H30N4O2/c1-3-19-18(20-10-13-23)21-14-17(22-11-4-5-12-22)15-6-8-16(24-2)9-7-15/h6-9,17,23H,3-5,10-14H2,1-2H3,(H2,19,20,21). The highest BCUT2D eigenvalue weighted by Gasteiger charge is 2.23. The van der Waals surface area contributed by atoms with Crippen LogP contribution in [0.5, 0.6) is 5.75 Å². The fraction of sp³-hybridized carbons (Fsp3) is 0.611. The average molecular weight is 334 g/mol. The topological polar surface area (TPSA) is 69.1 Å². The van der Waals surface area contributed by atoms with Crippen LogP contribution in [0.3, 0.4) is 0 Å². The highest BCUT2D eigenvalue weighted by atomic mass is 16.5. The van der Waals surface area contributed by atoms with Gasteiger partial charge in [0.2, 0.25) is 0 Å². The quantitative estimate of drug-likeness (QED) is 0.495. The first-order valence-corrected chi connectivity index (χ1v) is 8.79. The van der Waals surface area contributed by atoms with Gasteiger partial charge in [0.25, 0.3) is 0 Å². The van der Waals surface area contributed by atoms with Gasteiger partial charge in [-0.05, 0) is 50.6 Å². The van der Waals surface area contributed by atoms with Gasteiger partial charge in [0.1, 0.15) is 5.75 Å². The molecular weight excluding hydrogens is 304 g/mol. The molecule has 6 heteroatoms. The Morgan fingerprint density at radius 3 is 2.54 bits per heavy atom. The normalized spacial score (nSPS) is 16.9. The minimum atomic E-state index is 0.0957. The van der Waals surface area contributed by atoms with Gasteiger partial charge in [-0.1, -0.05) is 12.1 Å². The Kier molecular flexibility index (Phi) is 7.85. The van der Waals surface area contributed by atoms with Gasteiger partial charge >= 0.3 is 0 Å². The Labute approximate surface area is 144 Å². The van der Waals surface area contributed by atoms with Crippen molar-refractivity contribution in [2.45, 2.75) is 25.8 Å². The van der Waals surface area contributed by atoms with Crippen LogP contribution in [0, 0.1) is 0 Å². The molecule has 1 aromatic rings. The molecule has 1 atom stereocenters. The summed E-state index contributed by atoms with van der Waals surface area (Å²) in [5.74, 6) is 1.63. The van der Waals surface area contributed by atoms with Gasteiger partial charge in [-0.15, -0.1) is 0 Å². The maximum atomic E-state index is 9.00. The Hall–Kier alpha value is -1.79. The zero-order valence-corrected chi connectivity index (χ0v) is 14.8. The molecule has 1 aliphatic rings. The number of aliphatic imine (C=N–C) groups is 1. The van der Waals surface area contributed by atoms with Crippen LogP contribution in [-0.2, 0) is 0 Å². The van der Waals surface area contributed by atoms with E-state index >= 15 is 0 Å². The monoisotopic (exact) mass is 334 g/mol. The van der Waals surface area contributed by atoms with E-state index in [1.165, 1.54) is 18.4 Å². The summed E-state index contributed by atoms with van der Waals surface area (Å²) >= 11 is 0. The van der Waals surface area contributed by atoms with Crippen molar-refractivity contribution in [3.63, 3.8) is 0 Å². The van der Waals surface area contributed by atoms with Crippen molar-refractivity contribution in [1.29, 1.82) is 0 Å². The number of nitrogens with one attached hydrogen (secondary N) is 2. The van der Waals surface area contributed by atoms with E-state index in [9.17, 15) is 0 Å². The molecule has 0 spiro atoms. The molecule has 0 radical (unpaired) electrons. The molecule has 0 saturated carbocycles. The number of rotatable bonds is 8. The smallest absolute Gasteiger partial charge is 0.191 e. The average Bonchev–Trinajstić information content (AvgIpc) is 3.14. The van der Waals surface area contributed by atoms with Crippen LogP contribution < -0.4 is 15.4 Å². The summed E-state index contributed by atoms with van der Waals surface area (Å²) in [7, 11) is 1.69. The highest BCUT2D eigenvalue weighted by molar-refractivity contribution is 5.79. The van der Waals surface area contributed by atoms with Crippen LogP contribution in [0.4, 0.5) is 0 Å². The van der Waals surface area contributed by atoms with Crippen molar-refractivity contribution in [2.75, 3.05) is 46.4 Å². The Balaban J connectivity index is 2.12. The lowest BCUT2D eigenvalue weighted by Gasteiger charge is -2.27. The summed E-state index contributed by atoms with van der Waals surface area (Å²) in [5, 5.41) is 15.4. The molecule has 1 aliphatic heterocycles. The maximum absolute atomic E-state index is 9.00. The predicted octanol–water partition coefficient (Wildman–Crippen LogP) is 1.38. The lowest BCUT2D eigenvalue weighted by atomic mass is 10.1. The number of aliphatic hydroxyl groups is 1. The molecule has 1 aromatic carbocycles. The second-order valence-corrected chi connectivity index (χ2v) is 5.90. The minimum Gasteiger partial charge on any atom is -0.497 e. The van der Waals surface area contributed by atoms with Crippen molar-refractivity contribution in [2.24, 2.45) is 4.99 Å². The van der Waals surface area contributed by atoms with E-state index in [1.807, 2.05) is 19.1 Å². The predicted molar refractivity (Wildman–Crippen MR) is 97.6 cm³/mol. The summed E-state index contributed by atoms with van der Waals surface area (Å²) in [6, 6.07) is 8.55. The van der Waals surface area contributed by atoms with E-state index < -0.39 is 0 Å². The van der Waals surface area contributed by atoms with E-state index in [4.69, 9.17) is 14.8 Å². The number of nitrogens with zero attached hydrogens (tertiary/aromatic N) is 2. The van der Waals surface area contributed by atoms with Crippen molar-refractivity contribution in [3.05, 3.63) is 29.8 Å². The first-order valence-electron chi connectivity index (χ1n) is 8.79. The fourth-order valence-corrected chi connectivity index (χ4v) is 3.00. The van der Waals surface area contributed by atoms with E-state index in [0.717, 1.165) is 31.3 Å². The molecule has 0 aromatic heterocycles. The largest absolute Gasteiger partial charge is 0.497 e. The van der Waals surface area contributed by atoms with Crippen LogP contribution in [0.2, 0.25) is 0 Å². The summed E-state index contributed by atoms with van der Waals surface area (Å²) in [6.07, 6.45) is 2.50. The van der Waals surface area contributed by atoms with E-state index in [2.05, 4.69) is 27.7 Å². The lowest BCUT2D eigenvalue weighted by molar-refractivity contribution is 0.251. The summed E-state index contributed by atoms with van der Waals surface area (Å²) < 4.78 is 5.26. The molecule has 1 saturated heterocycles. The third kappa shape index (κ3) is 5.39. The molecule has 2 rings (SSSR count). The fourth-order valence-electron chi connectivity index (χ4n) is 3.00. The van der Waals surface area contributed by atoms with E-state index in [1.54, 1.807) is 7.11 Å². The second-order valence-electron chi connectivity index (χ2n) is 5.90. The minimum absolute atomic E-state index is 0.0957. The highest BCUT2D eigenvalue weighted by Crippen LogP contribution is 2.27. The van der Waals surface area contributed by atoms with Gasteiger partial charge in [-0.2, -0.15) is 0 Å². The van der Waals surface area contributed by atoms with Crippen LogP contribution in [0.1, 0.15) is 31.4 Å². The lowest BCUT2D eigenvalue weighted by Crippen LogP contribution is -2.39. The van der Waals surface area contributed by atoms with Gasteiger partial charge in [0.15, 0.2) is 5.96 Å². The van der Waals surface area contributed by atoms with Crippen LogP contribution >= 0.6 is 0 Å². The molecule has 6 nitrogen and oxygen atoms in total. The number of methoxy groups -OCH3 is 1. The van der Waals surface area contributed by atoms with Crippen molar-refractivity contribution >= 4 is 5.96 Å². The zero-order valence-electron chi connectivity index (χ0n) is 14.8. The molecule has 134 valence electrons. The van der Waals surface area contributed by atoms with Crippen LogP contribution in [0.15, 0.2) is 29.3 Å². The zero-order chi connectivity index (χ0) is 17.2. The van der Waals surface area contributed by atoms with Gasteiger partial charge in [0, 0.05) is 13.1 Å². The molecule has 3 N–H and O–H groups in total. The molecule has 0 aliphatic carbocycles. The number of hydrogen-bond acceptors (Lipinski definition) is 4. The van der Waals surface area contributed by atoms with Crippen molar-refractivity contribution < 1.29 is 9.84 Å². The molecule has 1 fully saturated rings. The Bertz CT molecular complexity index is 498. The third-order valence-corrected chi connectivity index (χ3v) is 4.25. The SMILES string of the molecule is CCNC(=NCC(c1ccc(OC)cc1)N1CCCC1)NCCO. The number of likely N-dealkylation sites (tertiary alicyclic amines) is 1. The van der Waals surface area contributed by atoms with Gasteiger partial charge in [-0.25, -0.2) is 0 Å². The van der Waals surface area contributed by atoms with Gasteiger partial charge in [-0.3, -0.25) is 9.89 Å². The number of benzene rings is 1. The molecule has 0 bridgehead atoms. The first-order chi connectivity index (χ1) is 11.8. The van der Waals surface area contributed by atoms with E-state index in [0.29, 0.717) is 13.1 Å². The van der Waals surface area contributed by atoms with Gasteiger partial charge in [0.05, 0.1) is 26.3 Å². The van der Waals surface area contributed by atoms with Crippen LogP contribution in [-0.4, -0.2) is 62.4 Å². The van der Waals surface area contributed by atoms with Gasteiger partial charge < -0.3 is 20.5 Å². The number of ether oxygens (including phenoxy) is 1. The number of guanidine groups is 1. The summed E-state index contributed by atoms with van der Waals surface area (Å²) in [6.45, 7) is 6.36. The third-order valence-electron chi connectivity index (χ3n) is 4.25. The maximum Gasteiger partial charge on any atom is 0.191 e. The second kappa shape index (κ2) is 10.2. The molecule has 0 amide bonds. The van der Waals surface area contributed by atoms with Crippen molar-refractivity contribution in [3.8, 4) is 5.75 Å². The number of hydrogen-bond donors (Lipinski definition) is 3. The molecule has 24 heavy (non-hydrogen) atoms. The Morgan fingerprint density at radius 2 is 1.96 bits per heavy atom. The molecule has 1 heterocycles. The van der Waals surface area contributed by atoms with Crippen molar-refractivity contribution in [1.82, 2.24) is 15.5 Å². The summed E-state index contributed by atoms with van der Waals surface area (Å²) in [4.78, 5) is 7.23. The summed E-state index contributed by atoms with van der Waals surface area (Å²) in [5.41, 5.74) is 1.26. The Morgan fingerprint density at radius 1 is 1.25 bits per heavy atom. The van der Waals surface area contributed by atoms with Crippen LogP contribution in [0.25, 0.3) is 0 Å².